The van der Waals surface area contributed by atoms with Crippen LogP contribution in [-0.4, -0.2) is 47.5 Å². The first kappa shape index (κ1) is 33.0. The Bertz CT molecular complexity index is 1370. The number of hydrogen-bond donors (Lipinski definition) is 2. The Kier molecular flexibility index (Phi) is 9.64. The van der Waals surface area contributed by atoms with Crippen molar-refractivity contribution in [3.05, 3.63) is 63.7 Å². The zero-order valence-corrected chi connectivity index (χ0v) is 25.3. The molecule has 2 aliphatic carbocycles. The number of carboxylic acid groups (broad SMARTS) is 1. The van der Waals surface area contributed by atoms with Gasteiger partial charge in [0.15, 0.2) is 6.29 Å². The molecule has 0 radical (unpaired) electrons. The number of hydrogen-bond acceptors (Lipinski definition) is 7. The van der Waals surface area contributed by atoms with Gasteiger partial charge in [-0.25, -0.2) is 5.12 Å². The molecular weight excluding hydrogens is 602 g/mol. The average Bonchev–Trinajstić information content (AvgIpc) is 3.63. The van der Waals surface area contributed by atoms with E-state index in [9.17, 15) is 36.2 Å². The molecule has 1 atom stereocenters. The van der Waals surface area contributed by atoms with Crippen molar-refractivity contribution < 1.29 is 36.2 Å². The first-order valence-corrected chi connectivity index (χ1v) is 15.3. The van der Waals surface area contributed by atoms with Crippen LogP contribution in [0, 0.1) is 11.8 Å². The third-order valence-electron chi connectivity index (χ3n) is 9.04. The van der Waals surface area contributed by atoms with Crippen LogP contribution in [0.1, 0.15) is 72.4 Å². The Morgan fingerprint density at radius 3 is 2.11 bits per heavy atom. The molecule has 1 unspecified atom stereocenters. The van der Waals surface area contributed by atoms with Gasteiger partial charge in [-0.1, -0.05) is 11.3 Å². The van der Waals surface area contributed by atoms with Gasteiger partial charge in [0.25, 0.3) is 0 Å². The van der Waals surface area contributed by atoms with Crippen LogP contribution in [0.25, 0.3) is 0 Å². The molecule has 246 valence electrons. The van der Waals surface area contributed by atoms with E-state index in [2.05, 4.69) is 32.8 Å². The summed E-state index contributed by atoms with van der Waals surface area (Å²) in [5.41, 5.74) is 4.41. The molecule has 2 aromatic rings. The Morgan fingerprint density at radius 1 is 0.956 bits per heavy atom. The molecule has 3 aliphatic rings. The van der Waals surface area contributed by atoms with E-state index in [1.54, 1.807) is 11.9 Å². The fourth-order valence-corrected chi connectivity index (χ4v) is 6.68. The van der Waals surface area contributed by atoms with Crippen LogP contribution in [-0.2, 0) is 43.1 Å². The number of benzene rings is 2. The molecule has 2 aromatic carbocycles. The lowest BCUT2D eigenvalue weighted by Gasteiger charge is -2.35. The molecule has 1 heterocycles. The molecule has 0 aromatic heterocycles. The van der Waals surface area contributed by atoms with Gasteiger partial charge in [0, 0.05) is 38.9 Å². The Balaban J connectivity index is 1.48. The predicted octanol–water partition coefficient (Wildman–Crippen LogP) is 7.03. The molecule has 1 fully saturated rings. The summed E-state index contributed by atoms with van der Waals surface area (Å²) in [4.78, 5) is 15.4. The summed E-state index contributed by atoms with van der Waals surface area (Å²) in [6, 6.07) is 5.93. The number of carbonyl (C=O) groups is 1. The normalized spacial score (nSPS) is 21.9. The molecule has 14 heteroatoms. The summed E-state index contributed by atoms with van der Waals surface area (Å²) >= 11 is 0. The van der Waals surface area contributed by atoms with Crippen LogP contribution in [0.3, 0.4) is 0 Å². The Hall–Kier alpha value is -3.39. The van der Waals surface area contributed by atoms with Gasteiger partial charge in [0.2, 0.25) is 0 Å². The van der Waals surface area contributed by atoms with E-state index in [1.165, 1.54) is 16.2 Å². The maximum absolute atomic E-state index is 13.7. The van der Waals surface area contributed by atoms with Crippen molar-refractivity contribution in [2.75, 3.05) is 25.0 Å². The first-order valence-electron chi connectivity index (χ1n) is 15.3. The highest BCUT2D eigenvalue weighted by Crippen LogP contribution is 2.38. The standard InChI is InChI=1S/C31H38F6N6O2/c1-3-42(16-19-7-9-21(10-8-19)28(44)45)27-14-23-6-4-5-22(23)13-24(27)18-43(29-38-40-41(2)39-29)17-20-11-25(30(32,33)34)15-26(12-20)31(35,36)37/h11-15,19,21,29,39H,3-10,16-18H2,1-2H3,(H,44,45). The summed E-state index contributed by atoms with van der Waals surface area (Å²) in [5, 5.41) is 18.9. The smallest absolute Gasteiger partial charge is 0.416 e. The highest BCUT2D eigenvalue weighted by atomic mass is 19.4. The van der Waals surface area contributed by atoms with Crippen molar-refractivity contribution in [1.29, 1.82) is 0 Å². The maximum Gasteiger partial charge on any atom is 0.416 e. The van der Waals surface area contributed by atoms with Crippen LogP contribution in [0.15, 0.2) is 40.7 Å². The number of alkyl halides is 6. The van der Waals surface area contributed by atoms with Gasteiger partial charge >= 0.3 is 18.3 Å². The number of aliphatic carboxylic acids is 1. The highest BCUT2D eigenvalue weighted by molar-refractivity contribution is 5.70. The monoisotopic (exact) mass is 640 g/mol. The van der Waals surface area contributed by atoms with Crippen LogP contribution < -0.4 is 10.3 Å². The molecule has 0 bridgehead atoms. The molecule has 0 amide bonds. The van der Waals surface area contributed by atoms with E-state index >= 15 is 0 Å². The van der Waals surface area contributed by atoms with Crippen molar-refractivity contribution in [2.24, 2.45) is 22.2 Å². The van der Waals surface area contributed by atoms with Crippen LogP contribution in [0.4, 0.5) is 32.0 Å². The molecule has 8 nitrogen and oxygen atoms in total. The van der Waals surface area contributed by atoms with E-state index in [0.717, 1.165) is 62.0 Å². The number of halogens is 6. The predicted molar refractivity (Wildman–Crippen MR) is 155 cm³/mol. The first-order chi connectivity index (χ1) is 21.2. The fraction of sp³-hybridized carbons (Fsp3) is 0.581. The lowest BCUT2D eigenvalue weighted by atomic mass is 9.81. The van der Waals surface area contributed by atoms with Gasteiger partial charge < -0.3 is 10.0 Å². The van der Waals surface area contributed by atoms with E-state index in [4.69, 9.17) is 0 Å². The number of fused-ring (bicyclic) bond motifs is 1. The molecule has 1 aliphatic heterocycles. The van der Waals surface area contributed by atoms with Gasteiger partial charge in [-0.3, -0.25) is 9.69 Å². The SMILES string of the molecule is CCN(CC1CCC(C(=O)O)CC1)c1cc2c(cc1CN(Cc1cc(C(F)(F)F)cc(C(F)(F)F)c1)C1N=NN(C)N1)CCC2. The third-order valence-corrected chi connectivity index (χ3v) is 9.04. The van der Waals surface area contributed by atoms with Crippen molar-refractivity contribution in [3.8, 4) is 0 Å². The number of nitrogens with one attached hydrogen (secondary N) is 1. The van der Waals surface area contributed by atoms with E-state index in [0.29, 0.717) is 25.3 Å². The summed E-state index contributed by atoms with van der Waals surface area (Å²) in [7, 11) is 1.60. The van der Waals surface area contributed by atoms with E-state index < -0.39 is 35.7 Å². The minimum Gasteiger partial charge on any atom is -0.481 e. The van der Waals surface area contributed by atoms with Gasteiger partial charge in [0.05, 0.1) is 17.0 Å². The zero-order chi connectivity index (χ0) is 32.5. The number of nitrogens with zero attached hydrogens (tertiary/aromatic N) is 5. The quantitative estimate of drug-likeness (QED) is 0.272. The lowest BCUT2D eigenvalue weighted by Crippen LogP contribution is -2.45. The Morgan fingerprint density at radius 2 is 1.58 bits per heavy atom. The molecule has 45 heavy (non-hydrogen) atoms. The number of rotatable bonds is 10. The largest absolute Gasteiger partial charge is 0.481 e. The summed E-state index contributed by atoms with van der Waals surface area (Å²) in [6.45, 7) is 3.38. The fourth-order valence-electron chi connectivity index (χ4n) is 6.68. The molecule has 0 spiro atoms. The van der Waals surface area contributed by atoms with Crippen molar-refractivity contribution in [3.63, 3.8) is 0 Å². The van der Waals surface area contributed by atoms with Crippen LogP contribution >= 0.6 is 0 Å². The Labute approximate surface area is 258 Å². The highest BCUT2D eigenvalue weighted by Gasteiger charge is 2.38. The molecule has 2 N–H and O–H groups in total. The third kappa shape index (κ3) is 7.89. The molecule has 0 saturated heterocycles. The second-order valence-corrected chi connectivity index (χ2v) is 12.2. The summed E-state index contributed by atoms with van der Waals surface area (Å²) in [6.07, 6.45) is -5.04. The van der Waals surface area contributed by atoms with Crippen molar-refractivity contribution in [1.82, 2.24) is 15.4 Å². The second-order valence-electron chi connectivity index (χ2n) is 12.2. The van der Waals surface area contributed by atoms with Crippen molar-refractivity contribution >= 4 is 11.7 Å². The topological polar surface area (TPSA) is 83.8 Å². The average molecular weight is 641 g/mol. The minimum atomic E-state index is -4.95. The van der Waals surface area contributed by atoms with Crippen LogP contribution in [0.2, 0.25) is 0 Å². The maximum atomic E-state index is 13.7. The molecule has 5 rings (SSSR count). The van der Waals surface area contributed by atoms with Gasteiger partial charge in [-0.05, 0) is 104 Å². The van der Waals surface area contributed by atoms with Gasteiger partial charge in [-0.15, -0.1) is 5.11 Å². The molecule has 1 saturated carbocycles. The summed E-state index contributed by atoms with van der Waals surface area (Å²) in [5.74, 6) is -0.767. The second kappa shape index (κ2) is 13.1. The van der Waals surface area contributed by atoms with Crippen molar-refractivity contribution in [2.45, 2.75) is 83.6 Å². The number of hydrazine groups is 1. The van der Waals surface area contributed by atoms with Crippen LogP contribution in [0.5, 0.6) is 0 Å². The number of carboxylic acids is 1. The van der Waals surface area contributed by atoms with E-state index in [1.807, 2.05) is 6.92 Å². The van der Waals surface area contributed by atoms with E-state index in [-0.39, 0.29) is 30.6 Å². The number of anilines is 1. The zero-order valence-electron chi connectivity index (χ0n) is 25.3. The molecular formula is C31H38F6N6O2. The lowest BCUT2D eigenvalue weighted by molar-refractivity contribution is -0.144. The van der Waals surface area contributed by atoms with Gasteiger partial charge in [-0.2, -0.15) is 31.8 Å². The minimum absolute atomic E-state index is 0.136. The summed E-state index contributed by atoms with van der Waals surface area (Å²) < 4.78 is 82.0. The van der Waals surface area contributed by atoms with Gasteiger partial charge in [0.1, 0.15) is 0 Å². The number of aryl methyl sites for hydroxylation is 2.